The van der Waals surface area contributed by atoms with Crippen molar-refractivity contribution in [2.24, 2.45) is 5.92 Å². The lowest BCUT2D eigenvalue weighted by atomic mass is 9.94. The highest BCUT2D eigenvalue weighted by molar-refractivity contribution is 8.26. The number of fused-ring (bicyclic) bond motifs is 1. The highest BCUT2D eigenvalue weighted by atomic mass is 32.2. The second-order valence-corrected chi connectivity index (χ2v) is 10.4. The third-order valence-electron chi connectivity index (χ3n) is 5.72. The van der Waals surface area contributed by atoms with Crippen LogP contribution in [0.4, 0.5) is 5.82 Å². The van der Waals surface area contributed by atoms with Crippen molar-refractivity contribution in [2.45, 2.75) is 58.9 Å². The van der Waals surface area contributed by atoms with Crippen LogP contribution in [0.2, 0.25) is 0 Å². The van der Waals surface area contributed by atoms with Gasteiger partial charge in [-0.25, -0.2) is 4.98 Å². The van der Waals surface area contributed by atoms with Crippen LogP contribution in [0.25, 0.3) is 11.7 Å². The fourth-order valence-corrected chi connectivity index (χ4v) is 5.47. The number of nitrogens with one attached hydrogen (secondary N) is 1. The Morgan fingerprint density at radius 1 is 1.26 bits per heavy atom. The minimum Gasteiger partial charge on any atom is -0.369 e. The largest absolute Gasteiger partial charge is 0.369 e. The van der Waals surface area contributed by atoms with Crippen LogP contribution in [0.15, 0.2) is 28.0 Å². The zero-order valence-electron chi connectivity index (χ0n) is 18.2. The maximum absolute atomic E-state index is 13.4. The Labute approximate surface area is 192 Å². The Morgan fingerprint density at radius 2 is 2.00 bits per heavy atom. The summed E-state index contributed by atoms with van der Waals surface area (Å²) in [5, 5.41) is 3.30. The van der Waals surface area contributed by atoms with E-state index in [0.29, 0.717) is 38.7 Å². The molecule has 2 aromatic heterocycles. The highest BCUT2D eigenvalue weighted by Crippen LogP contribution is 2.37. The fraction of sp³-hybridized carbons (Fsp3) is 0.478. The van der Waals surface area contributed by atoms with Crippen LogP contribution in [-0.2, 0) is 4.79 Å². The number of amides is 1. The molecule has 0 radical (unpaired) electrons. The van der Waals surface area contributed by atoms with Gasteiger partial charge >= 0.3 is 0 Å². The second kappa shape index (κ2) is 9.12. The van der Waals surface area contributed by atoms with E-state index in [9.17, 15) is 9.59 Å². The Morgan fingerprint density at radius 3 is 2.71 bits per heavy atom. The molecule has 0 aromatic carbocycles. The number of nitrogens with zero attached hydrogens (tertiary/aromatic N) is 3. The summed E-state index contributed by atoms with van der Waals surface area (Å²) in [6.07, 6.45) is 8.89. The molecule has 1 amide bonds. The van der Waals surface area contributed by atoms with E-state index in [1.165, 1.54) is 18.2 Å². The minimum atomic E-state index is -0.192. The first-order chi connectivity index (χ1) is 14.8. The molecule has 164 valence electrons. The standard InChI is InChI=1S/C23H28N4O2S2/c1-14(2)12-24-20-17(21(28)26-13-15(3)9-10-19(26)25-20)11-18-22(29)27(23(30)31-18)16-7-5-4-6-8-16/h9-11,13-14,16,24H,4-8,12H2,1-3H3/b18-11-. The molecule has 0 atom stereocenters. The first kappa shape index (κ1) is 22.0. The molecule has 8 heteroatoms. The fourth-order valence-electron chi connectivity index (χ4n) is 4.09. The summed E-state index contributed by atoms with van der Waals surface area (Å²) >= 11 is 6.84. The molecule has 6 nitrogen and oxygen atoms in total. The Balaban J connectivity index is 1.77. The van der Waals surface area contributed by atoms with Gasteiger partial charge in [-0.15, -0.1) is 0 Å². The molecular weight excluding hydrogens is 428 g/mol. The quantitative estimate of drug-likeness (QED) is 0.524. The van der Waals surface area contributed by atoms with E-state index in [2.05, 4.69) is 24.1 Å². The van der Waals surface area contributed by atoms with E-state index in [-0.39, 0.29) is 17.5 Å². The molecule has 0 spiro atoms. The maximum atomic E-state index is 13.4. The van der Waals surface area contributed by atoms with Crippen molar-refractivity contribution < 1.29 is 4.79 Å². The Hall–Kier alpha value is -2.19. The van der Waals surface area contributed by atoms with E-state index in [1.807, 2.05) is 19.1 Å². The number of hydrogen-bond acceptors (Lipinski definition) is 6. The van der Waals surface area contributed by atoms with E-state index in [0.717, 1.165) is 31.2 Å². The number of pyridine rings is 1. The lowest BCUT2D eigenvalue weighted by Gasteiger charge is -2.29. The minimum absolute atomic E-state index is 0.0922. The summed E-state index contributed by atoms with van der Waals surface area (Å²) in [5.74, 6) is 0.798. The summed E-state index contributed by atoms with van der Waals surface area (Å²) in [6, 6.07) is 3.94. The van der Waals surface area contributed by atoms with Crippen molar-refractivity contribution in [3.8, 4) is 0 Å². The zero-order valence-corrected chi connectivity index (χ0v) is 19.8. The summed E-state index contributed by atoms with van der Waals surface area (Å²) in [7, 11) is 0. The van der Waals surface area contributed by atoms with Crippen molar-refractivity contribution >= 4 is 51.7 Å². The molecular formula is C23H28N4O2S2. The van der Waals surface area contributed by atoms with Gasteiger partial charge in [-0.05, 0) is 43.4 Å². The van der Waals surface area contributed by atoms with E-state index in [1.54, 1.807) is 21.6 Å². The first-order valence-electron chi connectivity index (χ1n) is 10.9. The average molecular weight is 457 g/mol. The van der Waals surface area contributed by atoms with Gasteiger partial charge in [-0.1, -0.05) is 63.2 Å². The number of anilines is 1. The molecule has 31 heavy (non-hydrogen) atoms. The van der Waals surface area contributed by atoms with Crippen LogP contribution in [0.1, 0.15) is 57.1 Å². The number of aryl methyl sites for hydroxylation is 1. The maximum Gasteiger partial charge on any atom is 0.267 e. The van der Waals surface area contributed by atoms with Gasteiger partial charge in [0.25, 0.3) is 11.5 Å². The molecule has 2 aliphatic rings. The van der Waals surface area contributed by atoms with Crippen LogP contribution >= 0.6 is 24.0 Å². The number of carbonyl (C=O) groups excluding carboxylic acids is 1. The van der Waals surface area contributed by atoms with Gasteiger partial charge in [0.15, 0.2) is 0 Å². The van der Waals surface area contributed by atoms with Crippen LogP contribution in [0.3, 0.4) is 0 Å². The SMILES string of the molecule is Cc1ccc2nc(NCC(C)C)c(/C=C3\SC(=S)N(C4CCCCC4)C3=O)c(=O)n2c1. The van der Waals surface area contributed by atoms with Crippen molar-refractivity contribution in [3.05, 3.63) is 44.7 Å². The van der Waals surface area contributed by atoms with E-state index < -0.39 is 0 Å². The molecule has 4 rings (SSSR count). The lowest BCUT2D eigenvalue weighted by Crippen LogP contribution is -2.39. The number of rotatable bonds is 5. The molecule has 1 N–H and O–H groups in total. The lowest BCUT2D eigenvalue weighted by molar-refractivity contribution is -0.124. The molecule has 1 saturated carbocycles. The zero-order chi connectivity index (χ0) is 22.1. The smallest absolute Gasteiger partial charge is 0.267 e. The third-order valence-corrected chi connectivity index (χ3v) is 7.05. The van der Waals surface area contributed by atoms with Crippen LogP contribution in [0.5, 0.6) is 0 Å². The van der Waals surface area contributed by atoms with Crippen LogP contribution < -0.4 is 10.9 Å². The number of thioether (sulfide) groups is 1. The number of thiocarbonyl (C=S) groups is 1. The van der Waals surface area contributed by atoms with Gasteiger partial charge in [-0.2, -0.15) is 0 Å². The molecule has 2 aromatic rings. The summed E-state index contributed by atoms with van der Waals surface area (Å²) in [5.41, 5.74) is 1.75. The predicted octanol–water partition coefficient (Wildman–Crippen LogP) is 4.60. The van der Waals surface area contributed by atoms with Crippen molar-refractivity contribution in [1.29, 1.82) is 0 Å². The molecule has 1 aliphatic carbocycles. The van der Waals surface area contributed by atoms with Gasteiger partial charge in [0.2, 0.25) is 0 Å². The van der Waals surface area contributed by atoms with Crippen molar-refractivity contribution in [1.82, 2.24) is 14.3 Å². The van der Waals surface area contributed by atoms with Gasteiger partial charge in [0, 0.05) is 18.8 Å². The van der Waals surface area contributed by atoms with E-state index in [4.69, 9.17) is 12.2 Å². The van der Waals surface area contributed by atoms with Crippen LogP contribution in [-0.4, -0.2) is 37.1 Å². The molecule has 0 bridgehead atoms. The van der Waals surface area contributed by atoms with Gasteiger partial charge in [0.1, 0.15) is 15.8 Å². The van der Waals surface area contributed by atoms with Gasteiger partial charge < -0.3 is 5.32 Å². The molecule has 1 aliphatic heterocycles. The number of hydrogen-bond donors (Lipinski definition) is 1. The average Bonchev–Trinajstić information content (AvgIpc) is 3.02. The molecule has 1 saturated heterocycles. The third kappa shape index (κ3) is 4.55. The topological polar surface area (TPSA) is 66.7 Å². The van der Waals surface area contributed by atoms with Crippen molar-refractivity contribution in [3.63, 3.8) is 0 Å². The summed E-state index contributed by atoms with van der Waals surface area (Å²) < 4.78 is 2.13. The van der Waals surface area contributed by atoms with Crippen molar-refractivity contribution in [2.75, 3.05) is 11.9 Å². The van der Waals surface area contributed by atoms with Gasteiger partial charge in [-0.3, -0.25) is 18.9 Å². The van der Waals surface area contributed by atoms with Crippen LogP contribution in [0, 0.1) is 12.8 Å². The number of carbonyl (C=O) groups is 1. The first-order valence-corrected chi connectivity index (χ1v) is 12.1. The second-order valence-electron chi connectivity index (χ2n) is 8.73. The number of aromatic nitrogens is 2. The normalized spacial score (nSPS) is 19.2. The monoisotopic (exact) mass is 456 g/mol. The van der Waals surface area contributed by atoms with Gasteiger partial charge in [0.05, 0.1) is 10.5 Å². The summed E-state index contributed by atoms with van der Waals surface area (Å²) in [6.45, 7) is 6.81. The molecule has 2 fully saturated rings. The molecule has 0 unspecified atom stereocenters. The summed E-state index contributed by atoms with van der Waals surface area (Å²) in [4.78, 5) is 33.5. The Kier molecular flexibility index (Phi) is 6.48. The molecule has 3 heterocycles. The Bertz CT molecular complexity index is 1120. The van der Waals surface area contributed by atoms with E-state index >= 15 is 0 Å². The predicted molar refractivity (Wildman–Crippen MR) is 131 cm³/mol. The highest BCUT2D eigenvalue weighted by Gasteiger charge is 2.37.